The van der Waals surface area contributed by atoms with Crippen LogP contribution in [0.25, 0.3) is 11.3 Å². The Hall–Kier alpha value is -2.43. The molecule has 2 aromatic rings. The fraction of sp³-hybridized carbons (Fsp3) is 0.312. The quantitative estimate of drug-likeness (QED) is 0.663. The highest BCUT2D eigenvalue weighted by atomic mass is 16.6. The van der Waals surface area contributed by atoms with Gasteiger partial charge in [-0.3, -0.25) is 10.1 Å². The van der Waals surface area contributed by atoms with Gasteiger partial charge in [-0.2, -0.15) is 0 Å². The summed E-state index contributed by atoms with van der Waals surface area (Å²) in [7, 11) is 0. The number of benzene rings is 1. The monoisotopic (exact) mass is 285 g/mol. The van der Waals surface area contributed by atoms with Gasteiger partial charge in [0.05, 0.1) is 16.7 Å². The van der Waals surface area contributed by atoms with Gasteiger partial charge in [-0.25, -0.2) is 4.98 Å². The zero-order valence-electron chi connectivity index (χ0n) is 12.5. The number of nitrogens with zero attached hydrogens (tertiary/aromatic N) is 2. The van der Waals surface area contributed by atoms with Gasteiger partial charge >= 0.3 is 0 Å². The van der Waals surface area contributed by atoms with E-state index in [0.717, 1.165) is 29.7 Å². The van der Waals surface area contributed by atoms with Gasteiger partial charge in [-0.1, -0.05) is 24.6 Å². The Bertz CT molecular complexity index is 669. The summed E-state index contributed by atoms with van der Waals surface area (Å²) in [6.45, 7) is 6.75. The van der Waals surface area contributed by atoms with E-state index < -0.39 is 0 Å². The summed E-state index contributed by atoms with van der Waals surface area (Å²) in [5.41, 5.74) is 3.77. The van der Waals surface area contributed by atoms with Crippen molar-refractivity contribution in [1.82, 2.24) is 4.98 Å². The van der Waals surface area contributed by atoms with Crippen LogP contribution in [0.1, 0.15) is 24.5 Å². The van der Waals surface area contributed by atoms with Crippen LogP contribution in [0.5, 0.6) is 0 Å². The van der Waals surface area contributed by atoms with Crippen molar-refractivity contribution < 1.29 is 4.92 Å². The smallest absolute Gasteiger partial charge is 0.275 e. The van der Waals surface area contributed by atoms with E-state index in [2.05, 4.69) is 10.3 Å². The number of hydrogen-bond acceptors (Lipinski definition) is 4. The molecule has 5 heteroatoms. The maximum absolute atomic E-state index is 11.1. The molecule has 1 heterocycles. The number of aromatic nitrogens is 1. The topological polar surface area (TPSA) is 68.1 Å². The Morgan fingerprint density at radius 2 is 2.00 bits per heavy atom. The van der Waals surface area contributed by atoms with Gasteiger partial charge in [-0.15, -0.1) is 0 Å². The van der Waals surface area contributed by atoms with Crippen molar-refractivity contribution in [3.05, 3.63) is 51.6 Å². The van der Waals surface area contributed by atoms with Crippen LogP contribution < -0.4 is 5.32 Å². The summed E-state index contributed by atoms with van der Waals surface area (Å²) in [6, 6.07) is 9.03. The number of anilines is 1. The number of rotatable bonds is 5. The molecule has 0 radical (unpaired) electrons. The standard InChI is InChI=1S/C16H19N3O2/c1-4-7-17-16-10-13(19(20)21)9-15(18-16)14-8-11(2)5-6-12(14)3/h5-6,8-10H,4,7H2,1-3H3,(H,17,18). The van der Waals surface area contributed by atoms with Gasteiger partial charge in [0.2, 0.25) is 0 Å². The van der Waals surface area contributed by atoms with Crippen molar-refractivity contribution in [2.45, 2.75) is 27.2 Å². The van der Waals surface area contributed by atoms with Crippen LogP contribution in [0.2, 0.25) is 0 Å². The van der Waals surface area contributed by atoms with E-state index in [-0.39, 0.29) is 10.6 Å². The number of hydrogen-bond donors (Lipinski definition) is 1. The fourth-order valence-corrected chi connectivity index (χ4v) is 2.11. The van der Waals surface area contributed by atoms with Crippen LogP contribution in [0.3, 0.4) is 0 Å². The van der Waals surface area contributed by atoms with Gasteiger partial charge in [-0.05, 0) is 31.9 Å². The first kappa shape index (κ1) is 15.0. The third-order valence-corrected chi connectivity index (χ3v) is 3.25. The van der Waals surface area contributed by atoms with E-state index in [1.54, 1.807) is 0 Å². The second kappa shape index (κ2) is 6.35. The second-order valence-corrected chi connectivity index (χ2v) is 5.10. The van der Waals surface area contributed by atoms with Crippen molar-refractivity contribution in [1.29, 1.82) is 0 Å². The maximum Gasteiger partial charge on any atom is 0.275 e. The molecule has 2 rings (SSSR count). The molecule has 1 N–H and O–H groups in total. The van der Waals surface area contributed by atoms with E-state index in [0.29, 0.717) is 11.5 Å². The van der Waals surface area contributed by atoms with Crippen LogP contribution in [-0.4, -0.2) is 16.5 Å². The first-order valence-electron chi connectivity index (χ1n) is 6.99. The molecule has 0 amide bonds. The number of pyridine rings is 1. The molecule has 0 aliphatic carbocycles. The number of aryl methyl sites for hydroxylation is 2. The fourth-order valence-electron chi connectivity index (χ4n) is 2.11. The minimum absolute atomic E-state index is 0.0551. The normalized spacial score (nSPS) is 10.4. The lowest BCUT2D eigenvalue weighted by Gasteiger charge is -2.10. The molecule has 1 aromatic heterocycles. The lowest BCUT2D eigenvalue weighted by atomic mass is 10.0. The molecule has 110 valence electrons. The Kier molecular flexibility index (Phi) is 4.52. The largest absolute Gasteiger partial charge is 0.370 e. The molecule has 0 atom stereocenters. The summed E-state index contributed by atoms with van der Waals surface area (Å²) in [5.74, 6) is 0.543. The molecule has 0 bridgehead atoms. The zero-order chi connectivity index (χ0) is 15.4. The number of nitrogens with one attached hydrogen (secondary N) is 1. The van der Waals surface area contributed by atoms with Crippen molar-refractivity contribution in [2.24, 2.45) is 0 Å². The highest BCUT2D eigenvalue weighted by molar-refractivity contribution is 5.68. The summed E-state index contributed by atoms with van der Waals surface area (Å²) in [5, 5.41) is 14.2. The lowest BCUT2D eigenvalue weighted by molar-refractivity contribution is -0.384. The van der Waals surface area contributed by atoms with Crippen molar-refractivity contribution in [3.63, 3.8) is 0 Å². The summed E-state index contributed by atoms with van der Waals surface area (Å²) in [6.07, 6.45) is 0.934. The first-order chi connectivity index (χ1) is 10.0. The second-order valence-electron chi connectivity index (χ2n) is 5.10. The van der Waals surface area contributed by atoms with Gasteiger partial charge in [0.25, 0.3) is 5.69 Å². The van der Waals surface area contributed by atoms with E-state index in [4.69, 9.17) is 0 Å². The minimum atomic E-state index is -0.382. The van der Waals surface area contributed by atoms with Crippen LogP contribution in [-0.2, 0) is 0 Å². The molecule has 0 saturated carbocycles. The molecular weight excluding hydrogens is 266 g/mol. The Labute approximate surface area is 124 Å². The van der Waals surface area contributed by atoms with Crippen molar-refractivity contribution in [3.8, 4) is 11.3 Å². The maximum atomic E-state index is 11.1. The zero-order valence-corrected chi connectivity index (χ0v) is 12.5. The van der Waals surface area contributed by atoms with E-state index >= 15 is 0 Å². The van der Waals surface area contributed by atoms with Gasteiger partial charge < -0.3 is 5.32 Å². The lowest BCUT2D eigenvalue weighted by Crippen LogP contribution is -2.04. The van der Waals surface area contributed by atoms with Crippen LogP contribution >= 0.6 is 0 Å². The molecule has 0 aliphatic heterocycles. The summed E-state index contributed by atoms with van der Waals surface area (Å²) in [4.78, 5) is 15.2. The summed E-state index contributed by atoms with van der Waals surface area (Å²) < 4.78 is 0. The van der Waals surface area contributed by atoms with E-state index in [1.165, 1.54) is 12.1 Å². The highest BCUT2D eigenvalue weighted by Gasteiger charge is 2.13. The molecule has 0 unspecified atom stereocenters. The first-order valence-corrected chi connectivity index (χ1v) is 6.99. The highest BCUT2D eigenvalue weighted by Crippen LogP contribution is 2.28. The van der Waals surface area contributed by atoms with E-state index in [1.807, 2.05) is 39.0 Å². The average Bonchev–Trinajstić information content (AvgIpc) is 2.47. The van der Waals surface area contributed by atoms with Gasteiger partial charge in [0, 0.05) is 18.2 Å². The van der Waals surface area contributed by atoms with Crippen molar-refractivity contribution >= 4 is 11.5 Å². The number of nitro groups is 1. The predicted molar refractivity (Wildman–Crippen MR) is 84.6 cm³/mol. The van der Waals surface area contributed by atoms with Gasteiger partial charge in [0.1, 0.15) is 5.82 Å². The Morgan fingerprint density at radius 3 is 2.67 bits per heavy atom. The van der Waals surface area contributed by atoms with E-state index in [9.17, 15) is 10.1 Å². The molecule has 0 fully saturated rings. The van der Waals surface area contributed by atoms with Crippen LogP contribution in [0.15, 0.2) is 30.3 Å². The molecule has 1 aromatic carbocycles. The average molecular weight is 285 g/mol. The third kappa shape index (κ3) is 3.56. The predicted octanol–water partition coefficient (Wildman–Crippen LogP) is 4.10. The summed E-state index contributed by atoms with van der Waals surface area (Å²) >= 11 is 0. The Balaban J connectivity index is 2.53. The molecule has 0 aliphatic rings. The Morgan fingerprint density at radius 1 is 1.24 bits per heavy atom. The van der Waals surface area contributed by atoms with Crippen molar-refractivity contribution in [2.75, 3.05) is 11.9 Å². The molecular formula is C16H19N3O2. The van der Waals surface area contributed by atoms with Gasteiger partial charge in [0.15, 0.2) is 0 Å². The molecule has 5 nitrogen and oxygen atoms in total. The SMILES string of the molecule is CCCNc1cc([N+](=O)[O-])cc(-c2cc(C)ccc2C)n1. The molecule has 0 spiro atoms. The van der Waals surface area contributed by atoms with Crippen LogP contribution in [0, 0.1) is 24.0 Å². The molecule has 0 saturated heterocycles. The third-order valence-electron chi connectivity index (χ3n) is 3.25. The molecule has 21 heavy (non-hydrogen) atoms. The minimum Gasteiger partial charge on any atom is -0.370 e. The van der Waals surface area contributed by atoms with Crippen LogP contribution in [0.4, 0.5) is 11.5 Å².